The van der Waals surface area contributed by atoms with Crippen molar-refractivity contribution in [3.8, 4) is 0 Å². The third-order valence-electron chi connectivity index (χ3n) is 15.9. The quantitative estimate of drug-likeness (QED) is 0.0466. The zero-order valence-corrected chi connectivity index (χ0v) is 56.3. The van der Waals surface area contributed by atoms with Gasteiger partial charge in [-0.05, 0) is 44.9 Å². The van der Waals surface area contributed by atoms with Crippen molar-refractivity contribution in [1.82, 2.24) is 0 Å². The Kier molecular flexibility index (Phi) is 92.4. The number of rotatable bonds is 64. The molecular formula is C72H141AlO8. The first kappa shape index (κ1) is 88.2. The standard InChI is InChI=1S/4C18H36O2.Al/c4*1-2-3-4-5-6-7-8-9-10-11-12-13-14-15-16-17-18(19)20;/h4*2-17H2,1H3,(H,19,20);/q;;;;+3/p-3. The van der Waals surface area contributed by atoms with Crippen molar-refractivity contribution >= 4 is 41.2 Å². The topological polar surface area (TPSA) is 158 Å². The van der Waals surface area contributed by atoms with Crippen molar-refractivity contribution in [3.05, 3.63) is 0 Å². The first-order chi connectivity index (χ1) is 39.1. The molecule has 9 heteroatoms. The maximum absolute atomic E-state index is 10.3. The predicted molar refractivity (Wildman–Crippen MR) is 347 cm³/mol. The molecule has 0 amide bonds. The predicted octanol–water partition coefficient (Wildman–Crippen LogP) is 20.9. The van der Waals surface area contributed by atoms with Crippen LogP contribution < -0.4 is 15.3 Å². The van der Waals surface area contributed by atoms with E-state index in [-0.39, 0.29) is 36.6 Å². The van der Waals surface area contributed by atoms with Crippen LogP contribution >= 0.6 is 0 Å². The van der Waals surface area contributed by atoms with Crippen LogP contribution in [-0.4, -0.2) is 46.3 Å². The first-order valence-electron chi connectivity index (χ1n) is 35.9. The van der Waals surface area contributed by atoms with Crippen molar-refractivity contribution in [1.29, 1.82) is 0 Å². The summed E-state index contributed by atoms with van der Waals surface area (Å²) in [6.45, 7) is 9.07. The molecule has 0 saturated heterocycles. The van der Waals surface area contributed by atoms with Crippen molar-refractivity contribution in [3.63, 3.8) is 0 Å². The zero-order valence-electron chi connectivity index (χ0n) is 55.1. The van der Waals surface area contributed by atoms with Gasteiger partial charge >= 0.3 is 23.3 Å². The molecule has 0 saturated carbocycles. The summed E-state index contributed by atoms with van der Waals surface area (Å²) in [5, 5.41) is 39.2. The summed E-state index contributed by atoms with van der Waals surface area (Å²) >= 11 is 0. The molecule has 0 aromatic rings. The van der Waals surface area contributed by atoms with Gasteiger partial charge in [0.15, 0.2) is 0 Å². The normalized spacial score (nSPS) is 10.7. The van der Waals surface area contributed by atoms with E-state index in [0.29, 0.717) is 6.42 Å². The average Bonchev–Trinajstić information content (AvgIpc) is 3.43. The van der Waals surface area contributed by atoms with Crippen molar-refractivity contribution in [2.24, 2.45) is 0 Å². The molecule has 8 nitrogen and oxygen atoms in total. The van der Waals surface area contributed by atoms with E-state index in [4.69, 9.17) is 5.11 Å². The van der Waals surface area contributed by atoms with Crippen LogP contribution in [0.3, 0.4) is 0 Å². The van der Waals surface area contributed by atoms with Gasteiger partial charge in [-0.15, -0.1) is 0 Å². The van der Waals surface area contributed by atoms with E-state index in [9.17, 15) is 34.5 Å². The van der Waals surface area contributed by atoms with Crippen LogP contribution in [0.5, 0.6) is 0 Å². The van der Waals surface area contributed by atoms with E-state index in [1.165, 1.54) is 334 Å². The molecule has 0 bridgehead atoms. The molecule has 1 N–H and O–H groups in total. The van der Waals surface area contributed by atoms with Crippen molar-refractivity contribution in [2.75, 3.05) is 0 Å². The third-order valence-corrected chi connectivity index (χ3v) is 15.9. The molecule has 0 aromatic heterocycles. The van der Waals surface area contributed by atoms with Crippen LogP contribution in [0, 0.1) is 0 Å². The minimum atomic E-state index is -0.903. The van der Waals surface area contributed by atoms with Crippen LogP contribution in [0.2, 0.25) is 0 Å². The molecule has 0 unspecified atom stereocenters. The summed E-state index contributed by atoms with van der Waals surface area (Å²) in [7, 11) is 0. The Hall–Kier alpha value is -1.59. The minimum Gasteiger partial charge on any atom is -0.550 e. The molecule has 0 radical (unpaired) electrons. The summed E-state index contributed by atoms with van der Waals surface area (Å²) in [6, 6.07) is 0. The van der Waals surface area contributed by atoms with Crippen molar-refractivity contribution in [2.45, 2.75) is 439 Å². The number of hydrogen-bond donors (Lipinski definition) is 1. The SMILES string of the molecule is CCCCCCCCCCCCCCCCCC(=O)O.CCCCCCCCCCCCCCCCCC(=O)[O-].CCCCCCCCCCCCCCCCCC(=O)[O-].CCCCCCCCCCCCCCCCCC(=O)[O-].[Al+3]. The van der Waals surface area contributed by atoms with Gasteiger partial charge in [0, 0.05) is 24.3 Å². The summed E-state index contributed by atoms with van der Waals surface area (Å²) < 4.78 is 0. The number of carbonyl (C=O) groups excluding carboxylic acids is 3. The molecule has 0 aliphatic heterocycles. The molecule has 480 valence electrons. The van der Waals surface area contributed by atoms with Gasteiger partial charge in [-0.25, -0.2) is 0 Å². The summed E-state index contributed by atoms with van der Waals surface area (Å²) in [5.74, 6) is -3.36. The smallest absolute Gasteiger partial charge is 0.550 e. The van der Waals surface area contributed by atoms with Gasteiger partial charge in [-0.2, -0.15) is 0 Å². The Morgan fingerprint density at radius 3 is 0.395 bits per heavy atom. The second kappa shape index (κ2) is 84.9. The number of carbonyl (C=O) groups is 4. The fraction of sp³-hybridized carbons (Fsp3) is 0.944. The van der Waals surface area contributed by atoms with E-state index >= 15 is 0 Å². The summed E-state index contributed by atoms with van der Waals surface area (Å²) in [6.07, 6.45) is 79.8. The van der Waals surface area contributed by atoms with Gasteiger partial charge in [-0.1, -0.05) is 387 Å². The molecule has 0 rings (SSSR count). The van der Waals surface area contributed by atoms with Gasteiger partial charge in [0.25, 0.3) is 0 Å². The average molecular weight is 1160 g/mol. The molecule has 0 spiro atoms. The van der Waals surface area contributed by atoms with Crippen LogP contribution in [0.1, 0.15) is 439 Å². The van der Waals surface area contributed by atoms with Gasteiger partial charge in [0.1, 0.15) is 0 Å². The Morgan fingerprint density at radius 1 is 0.198 bits per heavy atom. The van der Waals surface area contributed by atoms with E-state index < -0.39 is 23.9 Å². The van der Waals surface area contributed by atoms with Gasteiger partial charge < -0.3 is 34.8 Å². The maximum atomic E-state index is 10.3. The Labute approximate surface area is 516 Å². The van der Waals surface area contributed by atoms with E-state index in [1.807, 2.05) is 0 Å². The monoisotopic (exact) mass is 1160 g/mol. The van der Waals surface area contributed by atoms with Gasteiger partial charge in [0.05, 0.1) is 0 Å². The Morgan fingerprint density at radius 2 is 0.296 bits per heavy atom. The molecule has 0 heterocycles. The maximum Gasteiger partial charge on any atom is 3.00 e. The van der Waals surface area contributed by atoms with Gasteiger partial charge in [0.2, 0.25) is 0 Å². The molecule has 0 fully saturated rings. The van der Waals surface area contributed by atoms with E-state index in [0.717, 1.165) is 51.4 Å². The van der Waals surface area contributed by atoms with Crippen LogP contribution in [0.15, 0.2) is 0 Å². The molecule has 81 heavy (non-hydrogen) atoms. The Balaban J connectivity index is -0.000000316. The van der Waals surface area contributed by atoms with E-state index in [2.05, 4.69) is 27.7 Å². The van der Waals surface area contributed by atoms with Crippen molar-refractivity contribution < 1.29 is 39.6 Å². The first-order valence-corrected chi connectivity index (χ1v) is 35.9. The molecule has 0 atom stereocenters. The fourth-order valence-electron chi connectivity index (χ4n) is 10.6. The number of carboxylic acid groups (broad SMARTS) is 4. The summed E-state index contributed by atoms with van der Waals surface area (Å²) in [5.41, 5.74) is 0. The molecular weight excluding hydrogens is 1020 g/mol. The number of unbranched alkanes of at least 4 members (excludes halogenated alkanes) is 56. The largest absolute Gasteiger partial charge is 3.00 e. The third kappa shape index (κ3) is 104. The minimum absolute atomic E-state index is 0. The second-order valence-corrected chi connectivity index (χ2v) is 24.3. The molecule has 0 aliphatic carbocycles. The second-order valence-electron chi connectivity index (χ2n) is 24.3. The number of hydrogen-bond acceptors (Lipinski definition) is 7. The Bertz CT molecular complexity index is 990. The fourth-order valence-corrected chi connectivity index (χ4v) is 10.6. The van der Waals surface area contributed by atoms with Crippen LogP contribution in [-0.2, 0) is 19.2 Å². The van der Waals surface area contributed by atoms with Crippen LogP contribution in [0.4, 0.5) is 0 Å². The van der Waals surface area contributed by atoms with Gasteiger partial charge in [-0.3, -0.25) is 4.79 Å². The number of carboxylic acids is 4. The summed E-state index contributed by atoms with van der Waals surface area (Å²) in [4.78, 5) is 41.0. The van der Waals surface area contributed by atoms with E-state index in [1.54, 1.807) is 0 Å². The van der Waals surface area contributed by atoms with Crippen LogP contribution in [0.25, 0.3) is 0 Å². The zero-order chi connectivity index (χ0) is 59.6. The molecule has 0 aliphatic rings. The molecule has 0 aromatic carbocycles. The number of aliphatic carboxylic acids is 4.